The largest absolute Gasteiger partial charge is 0.486 e. The molecule has 0 unspecified atom stereocenters. The van der Waals surface area contributed by atoms with Crippen LogP contribution in [0.15, 0.2) is 35.3 Å². The Labute approximate surface area is 133 Å². The maximum Gasteiger partial charge on any atom is 0.291 e. The lowest BCUT2D eigenvalue weighted by atomic mass is 10.1. The first-order valence-electron chi connectivity index (χ1n) is 7.50. The van der Waals surface area contributed by atoms with Gasteiger partial charge in [-0.2, -0.15) is 0 Å². The van der Waals surface area contributed by atoms with Gasteiger partial charge in [-0.15, -0.1) is 0 Å². The van der Waals surface area contributed by atoms with E-state index in [1.807, 2.05) is 0 Å². The smallest absolute Gasteiger partial charge is 0.291 e. The number of pyridine rings is 1. The minimum absolute atomic E-state index is 0.205. The van der Waals surface area contributed by atoms with Crippen molar-refractivity contribution >= 4 is 5.91 Å². The molecule has 0 bridgehead atoms. The summed E-state index contributed by atoms with van der Waals surface area (Å²) < 4.78 is 10.9. The lowest BCUT2D eigenvalue weighted by Gasteiger charge is -2.28. The number of carbonyl (C=O) groups excluding carboxylic acids is 1. The fourth-order valence-corrected chi connectivity index (χ4v) is 2.89. The minimum atomic E-state index is -0.771. The summed E-state index contributed by atoms with van der Waals surface area (Å²) in [5.74, 6) is 0.527. The summed E-state index contributed by atoms with van der Waals surface area (Å²) in [5.41, 5.74) is 0.539. The maximum absolute atomic E-state index is 12.5. The van der Waals surface area contributed by atoms with E-state index in [1.54, 1.807) is 38.5 Å². The van der Waals surface area contributed by atoms with Crippen molar-refractivity contribution in [3.8, 4) is 5.75 Å². The van der Waals surface area contributed by atoms with Gasteiger partial charge in [-0.05, 0) is 31.9 Å². The van der Waals surface area contributed by atoms with Crippen LogP contribution in [0.5, 0.6) is 5.75 Å². The minimum Gasteiger partial charge on any atom is -0.486 e. The van der Waals surface area contributed by atoms with Crippen molar-refractivity contribution < 1.29 is 19.1 Å². The third-order valence-corrected chi connectivity index (χ3v) is 4.20. The molecule has 0 aromatic carbocycles. The van der Waals surface area contributed by atoms with Crippen LogP contribution in [0.2, 0.25) is 0 Å². The lowest BCUT2D eigenvalue weighted by molar-refractivity contribution is 0.0154. The summed E-state index contributed by atoms with van der Waals surface area (Å²) in [4.78, 5) is 21.9. The molecule has 0 spiro atoms. The Bertz CT molecular complexity index is 673. The highest BCUT2D eigenvalue weighted by Crippen LogP contribution is 2.28. The second kappa shape index (κ2) is 6.37. The molecule has 3 atom stereocenters. The molecule has 1 aliphatic rings. The number of hydrogen-bond acceptors (Lipinski definition) is 6. The molecule has 1 amide bonds. The zero-order valence-corrected chi connectivity index (χ0v) is 13.0. The molecule has 0 aliphatic heterocycles. The highest BCUT2D eigenvalue weighted by molar-refractivity contribution is 5.92. The maximum atomic E-state index is 12.5. The fourth-order valence-electron chi connectivity index (χ4n) is 2.89. The van der Waals surface area contributed by atoms with E-state index in [0.29, 0.717) is 24.3 Å². The van der Waals surface area contributed by atoms with Gasteiger partial charge in [0.2, 0.25) is 5.76 Å². The predicted molar refractivity (Wildman–Crippen MR) is 81.0 cm³/mol. The van der Waals surface area contributed by atoms with Gasteiger partial charge in [-0.1, -0.05) is 0 Å². The number of oxazole rings is 1. The number of likely N-dealkylation sites (N-methyl/N-ethyl adjacent to an activating group) is 1. The first kappa shape index (κ1) is 15.5. The highest BCUT2D eigenvalue weighted by Gasteiger charge is 2.41. The molecule has 122 valence electrons. The number of nitrogens with zero attached hydrogens (tertiary/aromatic N) is 3. The van der Waals surface area contributed by atoms with E-state index < -0.39 is 6.10 Å². The normalized spacial score (nSPS) is 23.7. The average Bonchev–Trinajstić information content (AvgIpc) is 3.14. The Morgan fingerprint density at radius 1 is 1.48 bits per heavy atom. The van der Waals surface area contributed by atoms with E-state index in [2.05, 4.69) is 9.97 Å². The quantitative estimate of drug-likeness (QED) is 0.917. The van der Waals surface area contributed by atoms with Crippen LogP contribution in [-0.4, -0.2) is 51.2 Å². The SMILES string of the molecule is Cc1ncoc1C(=O)N(C)[C@@H]1CC[C@@H](Oc2cccnc2)[C@@H]1O. The van der Waals surface area contributed by atoms with Crippen LogP contribution in [0, 0.1) is 6.92 Å². The number of aromatic nitrogens is 2. The summed E-state index contributed by atoms with van der Waals surface area (Å²) in [7, 11) is 1.66. The number of aliphatic hydroxyl groups excluding tert-OH is 1. The summed E-state index contributed by atoms with van der Waals surface area (Å²) in [6.45, 7) is 1.71. The molecular weight excluding hydrogens is 298 g/mol. The summed E-state index contributed by atoms with van der Waals surface area (Å²) >= 11 is 0. The van der Waals surface area contributed by atoms with Crippen molar-refractivity contribution in [2.45, 2.75) is 38.0 Å². The van der Waals surface area contributed by atoms with Gasteiger partial charge in [0.05, 0.1) is 17.9 Å². The summed E-state index contributed by atoms with van der Waals surface area (Å²) in [6, 6.07) is 3.24. The van der Waals surface area contributed by atoms with Crippen molar-refractivity contribution in [1.82, 2.24) is 14.9 Å². The molecule has 1 fully saturated rings. The third-order valence-electron chi connectivity index (χ3n) is 4.20. The van der Waals surface area contributed by atoms with Crippen LogP contribution in [0.3, 0.4) is 0 Å². The highest BCUT2D eigenvalue weighted by atomic mass is 16.5. The molecule has 3 rings (SSSR count). The Hall–Kier alpha value is -2.41. The third kappa shape index (κ3) is 3.05. The molecule has 23 heavy (non-hydrogen) atoms. The van der Waals surface area contributed by atoms with Gasteiger partial charge in [-0.3, -0.25) is 9.78 Å². The van der Waals surface area contributed by atoms with Crippen molar-refractivity contribution in [1.29, 1.82) is 0 Å². The van der Waals surface area contributed by atoms with Crippen LogP contribution in [0.4, 0.5) is 0 Å². The molecule has 0 radical (unpaired) electrons. The Balaban J connectivity index is 1.67. The second-order valence-corrected chi connectivity index (χ2v) is 5.66. The number of ether oxygens (including phenoxy) is 1. The molecule has 7 heteroatoms. The molecule has 1 saturated carbocycles. The monoisotopic (exact) mass is 317 g/mol. The fraction of sp³-hybridized carbons (Fsp3) is 0.438. The number of aryl methyl sites for hydroxylation is 1. The molecule has 7 nitrogen and oxygen atoms in total. The van der Waals surface area contributed by atoms with Crippen LogP contribution in [0.1, 0.15) is 29.1 Å². The van der Waals surface area contributed by atoms with Crippen LogP contribution in [0.25, 0.3) is 0 Å². The van der Waals surface area contributed by atoms with E-state index in [9.17, 15) is 9.90 Å². The number of rotatable bonds is 4. The van der Waals surface area contributed by atoms with Gasteiger partial charge in [0.15, 0.2) is 6.39 Å². The van der Waals surface area contributed by atoms with E-state index in [-0.39, 0.29) is 23.8 Å². The van der Waals surface area contributed by atoms with Crippen molar-refractivity contribution in [3.63, 3.8) is 0 Å². The van der Waals surface area contributed by atoms with Gasteiger partial charge < -0.3 is 19.2 Å². The molecule has 0 saturated heterocycles. The predicted octanol–water partition coefficient (Wildman–Crippen LogP) is 1.42. The van der Waals surface area contributed by atoms with Crippen LogP contribution >= 0.6 is 0 Å². The zero-order chi connectivity index (χ0) is 16.4. The topological polar surface area (TPSA) is 88.7 Å². The van der Waals surface area contributed by atoms with Gasteiger partial charge in [0.25, 0.3) is 5.91 Å². The number of carbonyl (C=O) groups is 1. The average molecular weight is 317 g/mol. The molecule has 2 aromatic rings. The Kier molecular flexibility index (Phi) is 4.29. The van der Waals surface area contributed by atoms with Crippen molar-refractivity contribution in [3.05, 3.63) is 42.4 Å². The number of amides is 1. The summed E-state index contributed by atoms with van der Waals surface area (Å²) in [6.07, 6.45) is 4.69. The molecule has 1 aliphatic carbocycles. The summed E-state index contributed by atoms with van der Waals surface area (Å²) in [5, 5.41) is 10.5. The first-order chi connectivity index (χ1) is 11.1. The second-order valence-electron chi connectivity index (χ2n) is 5.66. The van der Waals surface area contributed by atoms with E-state index in [1.165, 1.54) is 11.3 Å². The lowest BCUT2D eigenvalue weighted by Crippen LogP contribution is -2.45. The Morgan fingerprint density at radius 3 is 2.96 bits per heavy atom. The van der Waals surface area contributed by atoms with Gasteiger partial charge in [0, 0.05) is 13.2 Å². The zero-order valence-electron chi connectivity index (χ0n) is 13.0. The van der Waals surface area contributed by atoms with E-state index in [4.69, 9.17) is 9.15 Å². The van der Waals surface area contributed by atoms with Gasteiger partial charge >= 0.3 is 0 Å². The molecular formula is C16H19N3O4. The van der Waals surface area contributed by atoms with Crippen molar-refractivity contribution in [2.24, 2.45) is 0 Å². The molecule has 2 aromatic heterocycles. The van der Waals surface area contributed by atoms with E-state index in [0.717, 1.165) is 0 Å². The van der Waals surface area contributed by atoms with E-state index >= 15 is 0 Å². The molecule has 2 heterocycles. The first-order valence-corrected chi connectivity index (χ1v) is 7.50. The Morgan fingerprint density at radius 2 is 2.30 bits per heavy atom. The van der Waals surface area contributed by atoms with Crippen LogP contribution in [-0.2, 0) is 0 Å². The standard InChI is InChI=1S/C16H19N3O4/c1-10-15(22-9-18-10)16(21)19(2)12-5-6-13(14(12)20)23-11-4-3-7-17-8-11/h3-4,7-9,12-14,20H,5-6H2,1-2H3/t12-,13-,14-/m1/s1. The van der Waals surface area contributed by atoms with Crippen molar-refractivity contribution in [2.75, 3.05) is 7.05 Å². The number of aliphatic hydroxyl groups is 1. The van der Waals surface area contributed by atoms with Crippen LogP contribution < -0.4 is 4.74 Å². The molecule has 1 N–H and O–H groups in total. The van der Waals surface area contributed by atoms with Gasteiger partial charge in [0.1, 0.15) is 18.0 Å². The number of hydrogen-bond donors (Lipinski definition) is 1. The van der Waals surface area contributed by atoms with Gasteiger partial charge in [-0.25, -0.2) is 4.98 Å².